The molecular weight excluding hydrogens is 234 g/mol. The fraction of sp³-hybridized carbons (Fsp3) is 0.143. The van der Waals surface area contributed by atoms with Gasteiger partial charge in [0, 0.05) is 5.56 Å². The van der Waals surface area contributed by atoms with Gasteiger partial charge in [0.25, 0.3) is 0 Å². The second-order valence-corrected chi connectivity index (χ2v) is 4.15. The Bertz CT molecular complexity index is 535. The van der Waals surface area contributed by atoms with Crippen molar-refractivity contribution in [2.45, 2.75) is 13.0 Å². The number of rotatable bonds is 3. The SMILES string of the molecule is Cc1cccc(C(NN)c2c(F)cccc2F)c1. The summed E-state index contributed by atoms with van der Waals surface area (Å²) in [5, 5.41) is 0. The standard InChI is InChI=1S/C14H14F2N2/c1-9-4-2-5-10(8-9)14(18-17)13-11(15)6-3-7-12(13)16/h2-8,14,18H,17H2,1H3. The number of hydrogen-bond acceptors (Lipinski definition) is 2. The van der Waals surface area contributed by atoms with Gasteiger partial charge in [0.15, 0.2) is 0 Å². The van der Waals surface area contributed by atoms with Gasteiger partial charge >= 0.3 is 0 Å². The van der Waals surface area contributed by atoms with Crippen molar-refractivity contribution in [2.75, 3.05) is 0 Å². The van der Waals surface area contributed by atoms with E-state index in [0.717, 1.165) is 11.1 Å². The van der Waals surface area contributed by atoms with Crippen LogP contribution in [0.3, 0.4) is 0 Å². The molecular formula is C14H14F2N2. The molecule has 0 aliphatic rings. The number of nitrogens with two attached hydrogens (primary N) is 1. The zero-order valence-electron chi connectivity index (χ0n) is 9.95. The molecule has 1 unspecified atom stereocenters. The molecule has 0 saturated heterocycles. The molecule has 2 rings (SSSR count). The van der Waals surface area contributed by atoms with Crippen LogP contribution in [0.2, 0.25) is 0 Å². The maximum absolute atomic E-state index is 13.7. The molecule has 0 spiro atoms. The minimum absolute atomic E-state index is 0.0643. The summed E-state index contributed by atoms with van der Waals surface area (Å²) in [5.41, 5.74) is 4.13. The van der Waals surface area contributed by atoms with Gasteiger partial charge in [-0.05, 0) is 24.6 Å². The van der Waals surface area contributed by atoms with E-state index in [1.165, 1.54) is 18.2 Å². The van der Waals surface area contributed by atoms with Gasteiger partial charge in [0.1, 0.15) is 11.6 Å². The van der Waals surface area contributed by atoms with Crippen LogP contribution >= 0.6 is 0 Å². The van der Waals surface area contributed by atoms with E-state index in [1.807, 2.05) is 25.1 Å². The van der Waals surface area contributed by atoms with Crippen LogP contribution in [-0.4, -0.2) is 0 Å². The summed E-state index contributed by atoms with van der Waals surface area (Å²) in [6.45, 7) is 1.91. The van der Waals surface area contributed by atoms with Crippen LogP contribution in [-0.2, 0) is 0 Å². The monoisotopic (exact) mass is 248 g/mol. The smallest absolute Gasteiger partial charge is 0.131 e. The lowest BCUT2D eigenvalue weighted by atomic mass is 9.97. The Morgan fingerprint density at radius 3 is 2.22 bits per heavy atom. The quantitative estimate of drug-likeness (QED) is 0.647. The van der Waals surface area contributed by atoms with Crippen molar-refractivity contribution in [1.82, 2.24) is 5.43 Å². The van der Waals surface area contributed by atoms with Crippen molar-refractivity contribution in [2.24, 2.45) is 5.84 Å². The molecule has 0 radical (unpaired) electrons. The van der Waals surface area contributed by atoms with Crippen molar-refractivity contribution < 1.29 is 8.78 Å². The largest absolute Gasteiger partial charge is 0.271 e. The van der Waals surface area contributed by atoms with Gasteiger partial charge in [-0.2, -0.15) is 0 Å². The second kappa shape index (κ2) is 5.25. The molecule has 0 aromatic heterocycles. The fourth-order valence-electron chi connectivity index (χ4n) is 1.98. The van der Waals surface area contributed by atoms with Gasteiger partial charge in [-0.25, -0.2) is 14.2 Å². The first-order valence-corrected chi connectivity index (χ1v) is 5.60. The van der Waals surface area contributed by atoms with Crippen molar-refractivity contribution in [3.8, 4) is 0 Å². The third-order valence-corrected chi connectivity index (χ3v) is 2.83. The normalized spacial score (nSPS) is 12.4. The zero-order valence-corrected chi connectivity index (χ0v) is 9.95. The first-order chi connectivity index (χ1) is 8.63. The molecule has 94 valence electrons. The van der Waals surface area contributed by atoms with Gasteiger partial charge < -0.3 is 0 Å². The highest BCUT2D eigenvalue weighted by Crippen LogP contribution is 2.26. The van der Waals surface area contributed by atoms with E-state index in [4.69, 9.17) is 5.84 Å². The maximum Gasteiger partial charge on any atom is 0.131 e. The summed E-state index contributed by atoms with van der Waals surface area (Å²) in [4.78, 5) is 0. The third-order valence-electron chi connectivity index (χ3n) is 2.83. The van der Waals surface area contributed by atoms with Crippen molar-refractivity contribution in [3.63, 3.8) is 0 Å². The van der Waals surface area contributed by atoms with Crippen LogP contribution < -0.4 is 11.3 Å². The highest BCUT2D eigenvalue weighted by atomic mass is 19.1. The van der Waals surface area contributed by atoms with E-state index in [-0.39, 0.29) is 5.56 Å². The van der Waals surface area contributed by atoms with Crippen LogP contribution in [0.25, 0.3) is 0 Å². The van der Waals surface area contributed by atoms with Crippen molar-refractivity contribution >= 4 is 0 Å². The molecule has 3 N–H and O–H groups in total. The summed E-state index contributed by atoms with van der Waals surface area (Å²) < 4.78 is 27.5. The van der Waals surface area contributed by atoms with Gasteiger partial charge in [-0.15, -0.1) is 0 Å². The lowest BCUT2D eigenvalue weighted by Gasteiger charge is -2.18. The van der Waals surface area contributed by atoms with E-state index >= 15 is 0 Å². The molecule has 18 heavy (non-hydrogen) atoms. The highest BCUT2D eigenvalue weighted by Gasteiger charge is 2.20. The average molecular weight is 248 g/mol. The van der Waals surface area contributed by atoms with Crippen molar-refractivity contribution in [1.29, 1.82) is 0 Å². The number of hydrazine groups is 1. The summed E-state index contributed by atoms with van der Waals surface area (Å²) in [7, 11) is 0. The number of nitrogens with one attached hydrogen (secondary N) is 1. The second-order valence-electron chi connectivity index (χ2n) is 4.15. The van der Waals surface area contributed by atoms with Crippen LogP contribution in [0.15, 0.2) is 42.5 Å². The third kappa shape index (κ3) is 2.39. The average Bonchev–Trinajstić information content (AvgIpc) is 2.34. The Labute approximate surface area is 104 Å². The predicted molar refractivity (Wildman–Crippen MR) is 66.7 cm³/mol. The fourth-order valence-corrected chi connectivity index (χ4v) is 1.98. The molecule has 0 aliphatic heterocycles. The minimum Gasteiger partial charge on any atom is -0.271 e. The van der Waals surface area contributed by atoms with E-state index < -0.39 is 17.7 Å². The Balaban J connectivity index is 2.52. The summed E-state index contributed by atoms with van der Waals surface area (Å²) in [6.07, 6.45) is 0. The predicted octanol–water partition coefficient (Wildman–Crippen LogP) is 2.83. The lowest BCUT2D eigenvalue weighted by Crippen LogP contribution is -2.30. The molecule has 0 amide bonds. The topological polar surface area (TPSA) is 38.0 Å². The first kappa shape index (κ1) is 12.7. The molecule has 0 heterocycles. The van der Waals surface area contributed by atoms with Crippen LogP contribution in [0, 0.1) is 18.6 Å². The Morgan fingerprint density at radius 2 is 1.67 bits per heavy atom. The van der Waals surface area contributed by atoms with E-state index in [0.29, 0.717) is 0 Å². The van der Waals surface area contributed by atoms with Gasteiger partial charge in [-0.3, -0.25) is 5.84 Å². The molecule has 0 fully saturated rings. The summed E-state index contributed by atoms with van der Waals surface area (Å²) >= 11 is 0. The minimum atomic E-state index is -0.703. The Morgan fingerprint density at radius 1 is 1.06 bits per heavy atom. The van der Waals surface area contributed by atoms with E-state index in [1.54, 1.807) is 6.07 Å². The summed E-state index contributed by atoms with van der Waals surface area (Å²) in [6, 6.07) is 10.4. The Kier molecular flexibility index (Phi) is 3.69. The zero-order chi connectivity index (χ0) is 13.1. The molecule has 2 aromatic carbocycles. The first-order valence-electron chi connectivity index (χ1n) is 5.60. The van der Waals surface area contributed by atoms with Crippen molar-refractivity contribution in [3.05, 3.63) is 70.8 Å². The Hall–Kier alpha value is -1.78. The molecule has 0 aliphatic carbocycles. The molecule has 2 nitrogen and oxygen atoms in total. The van der Waals surface area contributed by atoms with Gasteiger partial charge in [0.2, 0.25) is 0 Å². The molecule has 0 bridgehead atoms. The lowest BCUT2D eigenvalue weighted by molar-refractivity contribution is 0.510. The van der Waals surface area contributed by atoms with Crippen LogP contribution in [0.1, 0.15) is 22.7 Å². The molecule has 0 saturated carbocycles. The van der Waals surface area contributed by atoms with Gasteiger partial charge in [0.05, 0.1) is 6.04 Å². The molecule has 2 aromatic rings. The van der Waals surface area contributed by atoms with Gasteiger partial charge in [-0.1, -0.05) is 35.9 Å². The molecule has 4 heteroatoms. The number of benzene rings is 2. The van der Waals surface area contributed by atoms with E-state index in [9.17, 15) is 8.78 Å². The summed E-state index contributed by atoms with van der Waals surface area (Å²) in [5.74, 6) is 4.22. The number of hydrogen-bond donors (Lipinski definition) is 2. The van der Waals surface area contributed by atoms with E-state index in [2.05, 4.69) is 5.43 Å². The molecule has 1 atom stereocenters. The maximum atomic E-state index is 13.7. The number of halogens is 2. The number of aryl methyl sites for hydroxylation is 1. The highest BCUT2D eigenvalue weighted by molar-refractivity contribution is 5.35. The van der Waals surface area contributed by atoms with Crippen LogP contribution in [0.4, 0.5) is 8.78 Å². The van der Waals surface area contributed by atoms with Crippen LogP contribution in [0.5, 0.6) is 0 Å².